The molecule has 3 atom stereocenters. The maximum Gasteiger partial charge on any atom is 0.0576 e. The van der Waals surface area contributed by atoms with Gasteiger partial charge in [-0.1, -0.05) is 18.1 Å². The minimum absolute atomic E-state index is 0.0365. The maximum absolute atomic E-state index is 10.0. The molecule has 2 unspecified atom stereocenters. The van der Waals surface area contributed by atoms with Crippen molar-refractivity contribution in [1.29, 1.82) is 0 Å². The Bertz CT molecular complexity index is 262. The van der Waals surface area contributed by atoms with Gasteiger partial charge in [-0.2, -0.15) is 0 Å². The van der Waals surface area contributed by atoms with Crippen molar-refractivity contribution in [3.8, 4) is 0 Å². The molecule has 0 aromatic rings. The van der Waals surface area contributed by atoms with Gasteiger partial charge in [0, 0.05) is 0 Å². The molecule has 2 rings (SSSR count). The number of allylic oxidation sites excluding steroid dienone is 2. The first-order valence-corrected chi connectivity index (χ1v) is 5.90. The normalized spacial score (nSPS) is 42.4. The Morgan fingerprint density at radius 1 is 1.36 bits per heavy atom. The molecule has 0 amide bonds. The van der Waals surface area contributed by atoms with Crippen LogP contribution in [0.4, 0.5) is 0 Å². The van der Waals surface area contributed by atoms with Gasteiger partial charge in [0.25, 0.3) is 0 Å². The summed E-state index contributed by atoms with van der Waals surface area (Å²) in [6.07, 6.45) is 5.90. The molecule has 2 aliphatic rings. The standard InChI is InChI=1S/C13H22O/c1-9(2)10-6-7-11-12(14)5-4-8-13(10,11)3/h11-12,14H,4-8H2,1-3H3/t11-,12?,13?/m0/s1. The van der Waals surface area contributed by atoms with Crippen molar-refractivity contribution in [1.82, 2.24) is 0 Å². The molecule has 0 aromatic carbocycles. The van der Waals surface area contributed by atoms with E-state index in [2.05, 4.69) is 20.8 Å². The van der Waals surface area contributed by atoms with Crippen LogP contribution >= 0.6 is 0 Å². The molecular weight excluding hydrogens is 172 g/mol. The second-order valence-electron chi connectivity index (χ2n) is 5.50. The second-order valence-corrected chi connectivity index (χ2v) is 5.50. The minimum Gasteiger partial charge on any atom is -0.393 e. The van der Waals surface area contributed by atoms with Crippen molar-refractivity contribution in [2.45, 2.75) is 59.0 Å². The van der Waals surface area contributed by atoms with Gasteiger partial charge < -0.3 is 5.11 Å². The molecule has 1 heteroatoms. The second kappa shape index (κ2) is 3.37. The molecule has 0 radical (unpaired) electrons. The lowest BCUT2D eigenvalue weighted by molar-refractivity contribution is 0.0146. The van der Waals surface area contributed by atoms with E-state index >= 15 is 0 Å². The zero-order chi connectivity index (χ0) is 10.3. The molecule has 80 valence electrons. The van der Waals surface area contributed by atoms with Gasteiger partial charge in [-0.3, -0.25) is 0 Å². The highest BCUT2D eigenvalue weighted by molar-refractivity contribution is 5.26. The van der Waals surface area contributed by atoms with Crippen molar-refractivity contribution in [3.05, 3.63) is 11.1 Å². The highest BCUT2D eigenvalue weighted by atomic mass is 16.3. The van der Waals surface area contributed by atoms with Crippen molar-refractivity contribution < 1.29 is 5.11 Å². The third-order valence-corrected chi connectivity index (χ3v) is 4.48. The predicted molar refractivity (Wildman–Crippen MR) is 59.1 cm³/mol. The van der Waals surface area contributed by atoms with Crippen LogP contribution in [-0.4, -0.2) is 11.2 Å². The fraction of sp³-hybridized carbons (Fsp3) is 0.846. The summed E-state index contributed by atoms with van der Waals surface area (Å²) in [5, 5.41) is 10.0. The number of aliphatic hydroxyl groups is 1. The number of hydrogen-bond acceptors (Lipinski definition) is 1. The summed E-state index contributed by atoms with van der Waals surface area (Å²) in [4.78, 5) is 0. The molecule has 0 spiro atoms. The van der Waals surface area contributed by atoms with E-state index in [1.54, 1.807) is 5.57 Å². The van der Waals surface area contributed by atoms with E-state index < -0.39 is 0 Å². The van der Waals surface area contributed by atoms with Crippen molar-refractivity contribution in [3.63, 3.8) is 0 Å². The molecule has 2 saturated carbocycles. The molecule has 14 heavy (non-hydrogen) atoms. The van der Waals surface area contributed by atoms with Crippen molar-refractivity contribution in [2.24, 2.45) is 11.3 Å². The van der Waals surface area contributed by atoms with Crippen LogP contribution in [0.1, 0.15) is 52.9 Å². The summed E-state index contributed by atoms with van der Waals surface area (Å²) in [7, 11) is 0. The molecule has 0 saturated heterocycles. The fourth-order valence-electron chi connectivity index (χ4n) is 3.78. The molecule has 1 N–H and O–H groups in total. The van der Waals surface area contributed by atoms with Crippen LogP contribution in [0.15, 0.2) is 11.1 Å². The summed E-state index contributed by atoms with van der Waals surface area (Å²) >= 11 is 0. The summed E-state index contributed by atoms with van der Waals surface area (Å²) < 4.78 is 0. The first-order valence-electron chi connectivity index (χ1n) is 5.90. The average molecular weight is 194 g/mol. The largest absolute Gasteiger partial charge is 0.393 e. The lowest BCUT2D eigenvalue weighted by Gasteiger charge is -2.41. The topological polar surface area (TPSA) is 20.2 Å². The molecule has 2 aliphatic carbocycles. The quantitative estimate of drug-likeness (QED) is 0.587. The van der Waals surface area contributed by atoms with Gasteiger partial charge in [-0.25, -0.2) is 0 Å². The fourth-order valence-corrected chi connectivity index (χ4v) is 3.78. The van der Waals surface area contributed by atoms with Gasteiger partial charge in [0.2, 0.25) is 0 Å². The number of aliphatic hydroxyl groups excluding tert-OH is 1. The van der Waals surface area contributed by atoms with Crippen molar-refractivity contribution in [2.75, 3.05) is 0 Å². The molecule has 0 aliphatic heterocycles. The Morgan fingerprint density at radius 3 is 2.71 bits per heavy atom. The Hall–Kier alpha value is -0.300. The van der Waals surface area contributed by atoms with E-state index in [1.807, 2.05) is 0 Å². The van der Waals surface area contributed by atoms with Gasteiger partial charge in [0.15, 0.2) is 0 Å². The molecule has 0 aromatic heterocycles. The summed E-state index contributed by atoms with van der Waals surface area (Å²) in [6.45, 7) is 6.82. The predicted octanol–water partition coefficient (Wildman–Crippen LogP) is 3.28. The zero-order valence-electron chi connectivity index (χ0n) is 9.64. The Kier molecular flexibility index (Phi) is 2.46. The first-order chi connectivity index (χ1) is 6.55. The SMILES string of the molecule is CC(C)=C1CC[C@H]2C(O)CCCC12C. The van der Waals surface area contributed by atoms with Gasteiger partial charge in [-0.15, -0.1) is 0 Å². The lowest BCUT2D eigenvalue weighted by Crippen LogP contribution is -2.37. The van der Waals surface area contributed by atoms with Gasteiger partial charge >= 0.3 is 0 Å². The van der Waals surface area contributed by atoms with Crippen LogP contribution in [0.5, 0.6) is 0 Å². The first kappa shape index (κ1) is 10.2. The summed E-state index contributed by atoms with van der Waals surface area (Å²) in [5.74, 6) is 0.543. The highest BCUT2D eigenvalue weighted by Gasteiger charge is 2.47. The Labute approximate surface area is 87.2 Å². The number of hydrogen-bond donors (Lipinski definition) is 1. The van der Waals surface area contributed by atoms with Crippen LogP contribution in [0.3, 0.4) is 0 Å². The highest BCUT2D eigenvalue weighted by Crippen LogP contribution is 2.55. The summed E-state index contributed by atoms with van der Waals surface area (Å²) in [5.41, 5.74) is 3.46. The minimum atomic E-state index is -0.0365. The van der Waals surface area contributed by atoms with E-state index in [9.17, 15) is 5.11 Å². The molecule has 1 nitrogen and oxygen atoms in total. The van der Waals surface area contributed by atoms with E-state index in [0.717, 1.165) is 6.42 Å². The van der Waals surface area contributed by atoms with Gasteiger partial charge in [-0.05, 0) is 57.3 Å². The number of rotatable bonds is 0. The number of fused-ring (bicyclic) bond motifs is 1. The van der Waals surface area contributed by atoms with Gasteiger partial charge in [0.1, 0.15) is 0 Å². The molecular formula is C13H22O. The average Bonchev–Trinajstić information content (AvgIpc) is 2.43. The lowest BCUT2D eigenvalue weighted by atomic mass is 9.66. The Balaban J connectivity index is 2.34. The van der Waals surface area contributed by atoms with Gasteiger partial charge in [0.05, 0.1) is 6.10 Å². The smallest absolute Gasteiger partial charge is 0.0576 e. The molecule has 0 heterocycles. The van der Waals surface area contributed by atoms with Crippen LogP contribution in [0.2, 0.25) is 0 Å². The van der Waals surface area contributed by atoms with Crippen LogP contribution in [0, 0.1) is 11.3 Å². The van der Waals surface area contributed by atoms with Crippen LogP contribution < -0.4 is 0 Å². The third kappa shape index (κ3) is 1.33. The zero-order valence-corrected chi connectivity index (χ0v) is 9.64. The molecule has 2 fully saturated rings. The van der Waals surface area contributed by atoms with Crippen LogP contribution in [-0.2, 0) is 0 Å². The van der Waals surface area contributed by atoms with E-state index in [4.69, 9.17) is 0 Å². The van der Waals surface area contributed by atoms with E-state index in [-0.39, 0.29) is 6.10 Å². The molecule has 0 bridgehead atoms. The summed E-state index contributed by atoms with van der Waals surface area (Å²) in [6, 6.07) is 0. The van der Waals surface area contributed by atoms with Crippen LogP contribution in [0.25, 0.3) is 0 Å². The third-order valence-electron chi connectivity index (χ3n) is 4.48. The monoisotopic (exact) mass is 194 g/mol. The maximum atomic E-state index is 10.0. The van der Waals surface area contributed by atoms with E-state index in [1.165, 1.54) is 31.3 Å². The van der Waals surface area contributed by atoms with E-state index in [0.29, 0.717) is 11.3 Å². The Morgan fingerprint density at radius 2 is 2.07 bits per heavy atom. The van der Waals surface area contributed by atoms with Crippen molar-refractivity contribution >= 4 is 0 Å².